The molecule has 0 aliphatic carbocycles. The number of unbranched alkanes of at least 4 members (excludes halogenated alkanes) is 1. The average Bonchev–Trinajstić information content (AvgIpc) is 2.47. The van der Waals surface area contributed by atoms with Gasteiger partial charge in [-0.3, -0.25) is 9.59 Å². The number of hydrogen-bond acceptors (Lipinski definition) is 5. The Balaban J connectivity index is 2.14. The van der Waals surface area contributed by atoms with E-state index in [-0.39, 0.29) is 25.5 Å². The Hall–Kier alpha value is -2.24. The number of anilines is 1. The van der Waals surface area contributed by atoms with Gasteiger partial charge in [0.25, 0.3) is 5.91 Å². The molecule has 0 aliphatic heterocycles. The predicted molar refractivity (Wildman–Crippen MR) is 79.8 cm³/mol. The molecular weight excluding hydrogens is 272 g/mol. The van der Waals surface area contributed by atoms with Crippen molar-refractivity contribution in [3.05, 3.63) is 24.3 Å². The van der Waals surface area contributed by atoms with Crippen LogP contribution in [0.1, 0.15) is 26.2 Å². The van der Waals surface area contributed by atoms with Gasteiger partial charge in [-0.25, -0.2) is 0 Å². The minimum absolute atomic E-state index is 0.0660. The molecule has 6 heteroatoms. The summed E-state index contributed by atoms with van der Waals surface area (Å²) in [4.78, 5) is 22.8. The molecule has 1 aromatic carbocycles. The fraction of sp³-hybridized carbons (Fsp3) is 0.467. The Labute approximate surface area is 124 Å². The number of carbonyl (C=O) groups is 2. The number of para-hydroxylation sites is 2. The van der Waals surface area contributed by atoms with E-state index in [9.17, 15) is 9.59 Å². The van der Waals surface area contributed by atoms with E-state index in [1.54, 1.807) is 24.3 Å². The zero-order valence-corrected chi connectivity index (χ0v) is 12.3. The van der Waals surface area contributed by atoms with Gasteiger partial charge < -0.3 is 20.5 Å². The second kappa shape index (κ2) is 9.63. The number of nitrogens with two attached hydrogens (primary N) is 1. The molecule has 1 aromatic rings. The summed E-state index contributed by atoms with van der Waals surface area (Å²) >= 11 is 0. The first kappa shape index (κ1) is 16.8. The molecule has 0 aliphatic rings. The SMILES string of the molecule is CCCCNC(=O)COC(=O)CCOc1ccccc1N. The van der Waals surface area contributed by atoms with Crippen molar-refractivity contribution in [1.82, 2.24) is 5.32 Å². The first-order valence-corrected chi connectivity index (χ1v) is 7.03. The molecule has 0 bridgehead atoms. The van der Waals surface area contributed by atoms with E-state index in [2.05, 4.69) is 5.32 Å². The van der Waals surface area contributed by atoms with E-state index in [1.165, 1.54) is 0 Å². The summed E-state index contributed by atoms with van der Waals surface area (Å²) in [6, 6.07) is 7.04. The number of rotatable bonds is 9. The van der Waals surface area contributed by atoms with Crippen LogP contribution in [0, 0.1) is 0 Å². The first-order chi connectivity index (χ1) is 10.1. The molecular formula is C15H22N2O4. The maximum absolute atomic E-state index is 11.4. The molecule has 0 saturated carbocycles. The van der Waals surface area contributed by atoms with Gasteiger partial charge in [0.2, 0.25) is 0 Å². The first-order valence-electron chi connectivity index (χ1n) is 7.03. The molecule has 0 atom stereocenters. The van der Waals surface area contributed by atoms with Gasteiger partial charge in [-0.05, 0) is 18.6 Å². The van der Waals surface area contributed by atoms with Crippen LogP contribution in [0.2, 0.25) is 0 Å². The van der Waals surface area contributed by atoms with Crippen molar-refractivity contribution in [2.45, 2.75) is 26.2 Å². The molecule has 1 amide bonds. The summed E-state index contributed by atoms with van der Waals surface area (Å²) < 4.78 is 10.2. The molecule has 1 rings (SSSR count). The third-order valence-electron chi connectivity index (χ3n) is 2.70. The Kier molecular flexibility index (Phi) is 7.71. The smallest absolute Gasteiger partial charge is 0.309 e. The van der Waals surface area contributed by atoms with E-state index in [0.717, 1.165) is 12.8 Å². The van der Waals surface area contributed by atoms with Gasteiger partial charge in [0, 0.05) is 6.54 Å². The lowest BCUT2D eigenvalue weighted by molar-refractivity contribution is -0.149. The number of nitrogen functional groups attached to an aromatic ring is 1. The van der Waals surface area contributed by atoms with Crippen LogP contribution < -0.4 is 15.8 Å². The third-order valence-corrected chi connectivity index (χ3v) is 2.70. The van der Waals surface area contributed by atoms with Crippen LogP contribution in [-0.2, 0) is 14.3 Å². The molecule has 0 spiro atoms. The van der Waals surface area contributed by atoms with Crippen LogP contribution in [0.15, 0.2) is 24.3 Å². The summed E-state index contributed by atoms with van der Waals surface area (Å²) in [7, 11) is 0. The van der Waals surface area contributed by atoms with Crippen LogP contribution >= 0.6 is 0 Å². The molecule has 116 valence electrons. The largest absolute Gasteiger partial charge is 0.491 e. The van der Waals surface area contributed by atoms with E-state index in [4.69, 9.17) is 15.2 Å². The normalized spacial score (nSPS) is 9.95. The van der Waals surface area contributed by atoms with E-state index < -0.39 is 5.97 Å². The van der Waals surface area contributed by atoms with E-state index >= 15 is 0 Å². The average molecular weight is 294 g/mol. The number of nitrogens with one attached hydrogen (secondary N) is 1. The summed E-state index contributed by atoms with van der Waals surface area (Å²) in [5, 5.41) is 2.66. The highest BCUT2D eigenvalue weighted by Crippen LogP contribution is 2.19. The van der Waals surface area contributed by atoms with Crippen LogP contribution in [0.5, 0.6) is 5.75 Å². The summed E-state index contributed by atoms with van der Waals surface area (Å²) in [5.74, 6) is -0.234. The van der Waals surface area contributed by atoms with Gasteiger partial charge >= 0.3 is 5.97 Å². The number of ether oxygens (including phenoxy) is 2. The second-order valence-corrected chi connectivity index (χ2v) is 4.50. The highest BCUT2D eigenvalue weighted by Gasteiger charge is 2.08. The van der Waals surface area contributed by atoms with Crippen LogP contribution in [0.3, 0.4) is 0 Å². The fourth-order valence-corrected chi connectivity index (χ4v) is 1.53. The van der Waals surface area contributed by atoms with Crippen molar-refractivity contribution in [2.75, 3.05) is 25.5 Å². The molecule has 0 radical (unpaired) electrons. The molecule has 3 N–H and O–H groups in total. The second-order valence-electron chi connectivity index (χ2n) is 4.50. The van der Waals surface area contributed by atoms with Crippen molar-refractivity contribution >= 4 is 17.6 Å². The quantitative estimate of drug-likeness (QED) is 0.409. The summed E-state index contributed by atoms with van der Waals surface area (Å²) in [6.45, 7) is 2.54. The molecule has 0 unspecified atom stereocenters. The minimum Gasteiger partial charge on any atom is -0.491 e. The zero-order valence-electron chi connectivity index (χ0n) is 12.3. The number of amides is 1. The van der Waals surface area contributed by atoms with Gasteiger partial charge in [-0.1, -0.05) is 25.5 Å². The van der Waals surface area contributed by atoms with Gasteiger partial charge in [0.05, 0.1) is 18.7 Å². The molecule has 0 heterocycles. The molecule has 6 nitrogen and oxygen atoms in total. The predicted octanol–water partition coefficient (Wildman–Crippen LogP) is 1.50. The molecule has 0 saturated heterocycles. The van der Waals surface area contributed by atoms with Gasteiger partial charge in [0.15, 0.2) is 6.61 Å². The van der Waals surface area contributed by atoms with Gasteiger partial charge in [-0.15, -0.1) is 0 Å². The zero-order chi connectivity index (χ0) is 15.5. The standard InChI is InChI=1S/C15H22N2O4/c1-2-3-9-17-14(18)11-21-15(19)8-10-20-13-7-5-4-6-12(13)16/h4-7H,2-3,8-11,16H2,1H3,(H,17,18). The monoisotopic (exact) mass is 294 g/mol. The maximum atomic E-state index is 11.4. The Morgan fingerprint density at radius 3 is 2.76 bits per heavy atom. The van der Waals surface area contributed by atoms with Gasteiger partial charge in [-0.2, -0.15) is 0 Å². The highest BCUT2D eigenvalue weighted by molar-refractivity contribution is 5.80. The maximum Gasteiger partial charge on any atom is 0.309 e. The topological polar surface area (TPSA) is 90.6 Å². The van der Waals surface area contributed by atoms with Crippen molar-refractivity contribution in [1.29, 1.82) is 0 Å². The van der Waals surface area contributed by atoms with Crippen molar-refractivity contribution in [2.24, 2.45) is 0 Å². The van der Waals surface area contributed by atoms with Crippen molar-refractivity contribution < 1.29 is 19.1 Å². The van der Waals surface area contributed by atoms with E-state index in [1.807, 2.05) is 6.92 Å². The number of benzene rings is 1. The van der Waals surface area contributed by atoms with Crippen molar-refractivity contribution in [3.63, 3.8) is 0 Å². The number of carbonyl (C=O) groups excluding carboxylic acids is 2. The number of hydrogen-bond donors (Lipinski definition) is 2. The molecule has 21 heavy (non-hydrogen) atoms. The minimum atomic E-state index is -0.477. The Bertz CT molecular complexity index is 463. The van der Waals surface area contributed by atoms with E-state index in [0.29, 0.717) is 18.0 Å². The highest BCUT2D eigenvalue weighted by atomic mass is 16.5. The van der Waals surface area contributed by atoms with Crippen LogP contribution in [0.25, 0.3) is 0 Å². The van der Waals surface area contributed by atoms with Crippen LogP contribution in [0.4, 0.5) is 5.69 Å². The Morgan fingerprint density at radius 1 is 1.29 bits per heavy atom. The molecule has 0 fully saturated rings. The van der Waals surface area contributed by atoms with Crippen molar-refractivity contribution in [3.8, 4) is 5.75 Å². The summed E-state index contributed by atoms with van der Waals surface area (Å²) in [5.41, 5.74) is 6.21. The number of esters is 1. The summed E-state index contributed by atoms with van der Waals surface area (Å²) in [6.07, 6.45) is 1.97. The Morgan fingerprint density at radius 2 is 2.05 bits per heavy atom. The lowest BCUT2D eigenvalue weighted by atomic mass is 10.3. The van der Waals surface area contributed by atoms with Crippen LogP contribution in [-0.4, -0.2) is 31.6 Å². The lowest BCUT2D eigenvalue weighted by Crippen LogP contribution is -2.29. The third kappa shape index (κ3) is 7.20. The van der Waals surface area contributed by atoms with Gasteiger partial charge in [0.1, 0.15) is 5.75 Å². The lowest BCUT2D eigenvalue weighted by Gasteiger charge is -2.08. The molecule has 0 aromatic heterocycles. The fourth-order valence-electron chi connectivity index (χ4n) is 1.53.